The lowest BCUT2D eigenvalue weighted by atomic mass is 10.1. The second-order valence-corrected chi connectivity index (χ2v) is 6.19. The van der Waals surface area contributed by atoms with E-state index in [9.17, 15) is 18.0 Å². The Kier molecular flexibility index (Phi) is 5.30. The van der Waals surface area contributed by atoms with E-state index in [2.05, 4.69) is 35.8 Å². The zero-order valence-corrected chi connectivity index (χ0v) is 15.2. The number of hydrogen-bond acceptors (Lipinski definition) is 8. The summed E-state index contributed by atoms with van der Waals surface area (Å²) < 4.78 is 44.0. The number of amides is 1. The Bertz CT molecular complexity index is 1050. The summed E-state index contributed by atoms with van der Waals surface area (Å²) in [6, 6.07) is 4.51. The van der Waals surface area contributed by atoms with Crippen LogP contribution in [0.4, 0.5) is 19.0 Å². The summed E-state index contributed by atoms with van der Waals surface area (Å²) in [4.78, 5) is 12.4. The van der Waals surface area contributed by atoms with Gasteiger partial charge in [0.25, 0.3) is 5.91 Å². The summed E-state index contributed by atoms with van der Waals surface area (Å²) in [5.41, 5.74) is 7.53. The molecule has 0 bridgehead atoms. The topological polar surface area (TPSA) is 137 Å². The number of carbonyl (C=O) groups excluding carboxylic acids is 1. The average Bonchev–Trinajstić information content (AvgIpc) is 3.27. The standard InChI is InChI=1S/C16H15F3N8O2/c1-8(2)12-11(22-26-27(12)14-13(20)24-29-25-14)15(28)23-21-7-9-4-3-5-10(6-9)16(17,18)19/h3-8H,1-2H3,(H2,20,24)(H,23,28). The van der Waals surface area contributed by atoms with E-state index in [1.807, 2.05) is 0 Å². The molecule has 0 aliphatic heterocycles. The number of halogens is 3. The summed E-state index contributed by atoms with van der Waals surface area (Å²) in [6.45, 7) is 3.59. The molecule has 2 aromatic heterocycles. The lowest BCUT2D eigenvalue weighted by molar-refractivity contribution is -0.137. The van der Waals surface area contributed by atoms with E-state index >= 15 is 0 Å². The maximum absolute atomic E-state index is 12.8. The first-order chi connectivity index (χ1) is 13.7. The fourth-order valence-electron chi connectivity index (χ4n) is 2.48. The minimum atomic E-state index is -4.48. The molecule has 10 nitrogen and oxygen atoms in total. The van der Waals surface area contributed by atoms with Crippen LogP contribution in [0.5, 0.6) is 0 Å². The molecular formula is C16H15F3N8O2. The molecule has 1 aromatic carbocycles. The highest BCUT2D eigenvalue weighted by atomic mass is 19.4. The lowest BCUT2D eigenvalue weighted by Gasteiger charge is -2.08. The molecule has 0 atom stereocenters. The molecule has 0 aliphatic carbocycles. The van der Waals surface area contributed by atoms with Crippen molar-refractivity contribution in [3.8, 4) is 5.82 Å². The Balaban J connectivity index is 1.81. The van der Waals surface area contributed by atoms with Gasteiger partial charge in [-0.25, -0.2) is 10.1 Å². The molecule has 3 aromatic rings. The van der Waals surface area contributed by atoms with Gasteiger partial charge in [-0.3, -0.25) is 4.79 Å². The number of aromatic nitrogens is 5. The van der Waals surface area contributed by atoms with Crippen molar-refractivity contribution in [1.29, 1.82) is 0 Å². The number of nitrogens with zero attached hydrogens (tertiary/aromatic N) is 6. The molecule has 0 spiro atoms. The van der Waals surface area contributed by atoms with E-state index in [0.717, 1.165) is 18.3 Å². The molecule has 2 heterocycles. The number of rotatable bonds is 5. The smallest absolute Gasteiger partial charge is 0.378 e. The second kappa shape index (κ2) is 7.69. The van der Waals surface area contributed by atoms with E-state index < -0.39 is 17.6 Å². The summed E-state index contributed by atoms with van der Waals surface area (Å²) >= 11 is 0. The molecule has 3 N–H and O–H groups in total. The SMILES string of the molecule is CC(C)c1c(C(=O)NN=Cc2cccc(C(F)(F)F)c2)nnn1-c1nonc1N. The molecule has 0 saturated heterocycles. The van der Waals surface area contributed by atoms with Gasteiger partial charge in [0.15, 0.2) is 5.69 Å². The molecule has 0 aliphatic rings. The van der Waals surface area contributed by atoms with Crippen molar-refractivity contribution in [3.05, 3.63) is 46.8 Å². The Morgan fingerprint density at radius 1 is 1.34 bits per heavy atom. The molecule has 0 radical (unpaired) electrons. The highest BCUT2D eigenvalue weighted by Crippen LogP contribution is 2.29. The predicted octanol–water partition coefficient (Wildman–Crippen LogP) is 2.14. The van der Waals surface area contributed by atoms with E-state index in [1.54, 1.807) is 13.8 Å². The first kappa shape index (κ1) is 20.0. The van der Waals surface area contributed by atoms with E-state index in [1.165, 1.54) is 16.8 Å². The zero-order chi connectivity index (χ0) is 21.2. The van der Waals surface area contributed by atoms with Gasteiger partial charge in [-0.1, -0.05) is 31.2 Å². The minimum Gasteiger partial charge on any atom is -0.378 e. The number of nitrogens with one attached hydrogen (secondary N) is 1. The highest BCUT2D eigenvalue weighted by Gasteiger charge is 2.30. The number of carbonyl (C=O) groups is 1. The van der Waals surface area contributed by atoms with Crippen LogP contribution in [0.1, 0.15) is 47.1 Å². The number of hydrazone groups is 1. The van der Waals surface area contributed by atoms with Crippen molar-refractivity contribution < 1.29 is 22.6 Å². The van der Waals surface area contributed by atoms with Gasteiger partial charge in [-0.2, -0.15) is 23.0 Å². The van der Waals surface area contributed by atoms with Crippen LogP contribution in [0.2, 0.25) is 0 Å². The monoisotopic (exact) mass is 408 g/mol. The summed E-state index contributed by atoms with van der Waals surface area (Å²) in [7, 11) is 0. The van der Waals surface area contributed by atoms with Gasteiger partial charge in [-0.05, 0) is 33.9 Å². The van der Waals surface area contributed by atoms with Gasteiger partial charge in [-0.15, -0.1) is 5.10 Å². The normalized spacial score (nSPS) is 12.1. The first-order valence-corrected chi connectivity index (χ1v) is 8.23. The molecule has 1 amide bonds. The lowest BCUT2D eigenvalue weighted by Crippen LogP contribution is -2.21. The van der Waals surface area contributed by atoms with Crippen LogP contribution < -0.4 is 11.2 Å². The van der Waals surface area contributed by atoms with E-state index in [-0.39, 0.29) is 28.8 Å². The van der Waals surface area contributed by atoms with Crippen molar-refractivity contribution in [3.63, 3.8) is 0 Å². The summed E-state index contributed by atoms with van der Waals surface area (Å²) in [5.74, 6) is -0.883. The molecule has 29 heavy (non-hydrogen) atoms. The average molecular weight is 408 g/mol. The van der Waals surface area contributed by atoms with Crippen molar-refractivity contribution >= 4 is 17.9 Å². The number of alkyl halides is 3. The van der Waals surface area contributed by atoms with Gasteiger partial charge >= 0.3 is 6.18 Å². The summed E-state index contributed by atoms with van der Waals surface area (Å²) in [6.07, 6.45) is -3.39. The molecular weight excluding hydrogens is 393 g/mol. The van der Waals surface area contributed by atoms with Crippen LogP contribution in [0.3, 0.4) is 0 Å². The van der Waals surface area contributed by atoms with Crippen LogP contribution >= 0.6 is 0 Å². The number of nitrogen functional groups attached to an aromatic ring is 1. The largest absolute Gasteiger partial charge is 0.416 e. The van der Waals surface area contributed by atoms with Crippen LogP contribution in [-0.4, -0.2) is 37.4 Å². The van der Waals surface area contributed by atoms with Crippen molar-refractivity contribution in [2.45, 2.75) is 25.9 Å². The number of nitrogens with two attached hydrogens (primary N) is 1. The third-order valence-electron chi connectivity index (χ3n) is 3.76. The van der Waals surface area contributed by atoms with Crippen molar-refractivity contribution in [1.82, 2.24) is 30.7 Å². The Morgan fingerprint density at radius 2 is 2.10 bits per heavy atom. The molecule has 13 heteroatoms. The number of benzene rings is 1. The van der Waals surface area contributed by atoms with Gasteiger partial charge in [0, 0.05) is 0 Å². The molecule has 152 valence electrons. The fraction of sp³-hybridized carbons (Fsp3) is 0.250. The third kappa shape index (κ3) is 4.23. The zero-order valence-electron chi connectivity index (χ0n) is 15.2. The maximum atomic E-state index is 12.8. The Labute approximate surface area is 161 Å². The number of hydrogen-bond donors (Lipinski definition) is 2. The highest BCUT2D eigenvalue weighted by molar-refractivity contribution is 5.94. The Hall–Kier alpha value is -3.77. The molecule has 0 saturated carbocycles. The summed E-state index contributed by atoms with van der Waals surface area (Å²) in [5, 5.41) is 18.4. The van der Waals surface area contributed by atoms with Gasteiger partial charge < -0.3 is 5.73 Å². The number of anilines is 1. The van der Waals surface area contributed by atoms with Crippen LogP contribution in [0.15, 0.2) is 34.0 Å². The second-order valence-electron chi connectivity index (χ2n) is 6.19. The minimum absolute atomic E-state index is 0.0358. The predicted molar refractivity (Wildman–Crippen MR) is 94.2 cm³/mol. The molecule has 0 fully saturated rings. The molecule has 3 rings (SSSR count). The van der Waals surface area contributed by atoms with Gasteiger partial charge in [0.2, 0.25) is 11.6 Å². The fourth-order valence-corrected chi connectivity index (χ4v) is 2.48. The first-order valence-electron chi connectivity index (χ1n) is 8.23. The Morgan fingerprint density at radius 3 is 2.72 bits per heavy atom. The van der Waals surface area contributed by atoms with Crippen LogP contribution in [0.25, 0.3) is 5.82 Å². The van der Waals surface area contributed by atoms with Crippen molar-refractivity contribution in [2.75, 3.05) is 5.73 Å². The van der Waals surface area contributed by atoms with E-state index in [0.29, 0.717) is 5.69 Å². The third-order valence-corrected chi connectivity index (χ3v) is 3.76. The van der Waals surface area contributed by atoms with Crippen LogP contribution in [0, 0.1) is 0 Å². The van der Waals surface area contributed by atoms with Gasteiger partial charge in [0.05, 0.1) is 17.5 Å². The quantitative estimate of drug-likeness (QED) is 0.487. The molecule has 0 unspecified atom stereocenters. The van der Waals surface area contributed by atoms with Crippen LogP contribution in [-0.2, 0) is 6.18 Å². The maximum Gasteiger partial charge on any atom is 0.416 e. The van der Waals surface area contributed by atoms with Gasteiger partial charge in [0.1, 0.15) is 0 Å². The van der Waals surface area contributed by atoms with Crippen molar-refractivity contribution in [2.24, 2.45) is 5.10 Å². The van der Waals surface area contributed by atoms with E-state index in [4.69, 9.17) is 5.73 Å².